The fraction of sp³-hybridized carbons (Fsp3) is 0.800. The molecule has 2 rings (SSSR count). The van der Waals surface area contributed by atoms with E-state index in [0.29, 0.717) is 32.1 Å². The lowest BCUT2D eigenvalue weighted by molar-refractivity contribution is -0.129. The van der Waals surface area contributed by atoms with Crippen molar-refractivity contribution >= 4 is 17.9 Å². The number of hydrogen-bond donors (Lipinski definition) is 2. The number of likely N-dealkylation sites (tertiary alicyclic amines) is 1. The van der Waals surface area contributed by atoms with Crippen LogP contribution in [0.2, 0.25) is 0 Å². The molecule has 1 saturated heterocycles. The van der Waals surface area contributed by atoms with Gasteiger partial charge in [-0.2, -0.15) is 0 Å². The van der Waals surface area contributed by atoms with Crippen LogP contribution in [0.15, 0.2) is 0 Å². The second-order valence-electron chi connectivity index (χ2n) is 6.90. The van der Waals surface area contributed by atoms with Gasteiger partial charge in [-0.25, -0.2) is 4.79 Å². The van der Waals surface area contributed by atoms with Crippen molar-refractivity contribution in [2.24, 2.45) is 5.92 Å². The molecule has 1 aliphatic heterocycles. The van der Waals surface area contributed by atoms with Crippen LogP contribution >= 0.6 is 0 Å². The normalized spacial score (nSPS) is 21.7. The third-order valence-electron chi connectivity index (χ3n) is 3.61. The predicted octanol–water partition coefficient (Wildman–Crippen LogP) is 0.638. The maximum Gasteiger partial charge on any atom is 0.407 e. The number of rotatable bonds is 5. The molecular weight excluding hydrogens is 286 g/mol. The summed E-state index contributed by atoms with van der Waals surface area (Å²) >= 11 is 0. The average Bonchev–Trinajstić information content (AvgIpc) is 3.15. The SMILES string of the molecule is CC(C)(C)OC(=O)NCCNC(=O)C1CC(=O)N(C2CC2)C1. The first-order chi connectivity index (χ1) is 10.3. The average molecular weight is 311 g/mol. The summed E-state index contributed by atoms with van der Waals surface area (Å²) in [4.78, 5) is 37.1. The van der Waals surface area contributed by atoms with Crippen molar-refractivity contribution in [1.82, 2.24) is 15.5 Å². The van der Waals surface area contributed by atoms with E-state index in [9.17, 15) is 14.4 Å². The van der Waals surface area contributed by atoms with Gasteiger partial charge in [-0.1, -0.05) is 0 Å². The molecule has 1 unspecified atom stereocenters. The Kier molecular flexibility index (Phi) is 4.93. The molecule has 3 amide bonds. The summed E-state index contributed by atoms with van der Waals surface area (Å²) in [5.74, 6) is -0.313. The quantitative estimate of drug-likeness (QED) is 0.729. The molecule has 0 aromatic heterocycles. The fourth-order valence-corrected chi connectivity index (χ4v) is 2.46. The van der Waals surface area contributed by atoms with Crippen molar-refractivity contribution in [3.05, 3.63) is 0 Å². The van der Waals surface area contributed by atoms with E-state index in [1.807, 2.05) is 4.90 Å². The summed E-state index contributed by atoms with van der Waals surface area (Å²) in [6, 6.07) is 0.360. The summed E-state index contributed by atoms with van der Waals surface area (Å²) in [5, 5.41) is 5.33. The highest BCUT2D eigenvalue weighted by Gasteiger charge is 2.41. The first kappa shape index (κ1) is 16.6. The van der Waals surface area contributed by atoms with Crippen LogP contribution in [-0.4, -0.2) is 54.1 Å². The molecule has 22 heavy (non-hydrogen) atoms. The molecule has 0 radical (unpaired) electrons. The molecule has 2 N–H and O–H groups in total. The van der Waals surface area contributed by atoms with Gasteiger partial charge in [-0.15, -0.1) is 0 Å². The van der Waals surface area contributed by atoms with Crippen molar-refractivity contribution in [2.75, 3.05) is 19.6 Å². The van der Waals surface area contributed by atoms with Crippen molar-refractivity contribution in [3.63, 3.8) is 0 Å². The molecule has 1 saturated carbocycles. The van der Waals surface area contributed by atoms with Gasteiger partial charge in [0.15, 0.2) is 0 Å². The van der Waals surface area contributed by atoms with Crippen LogP contribution in [-0.2, 0) is 14.3 Å². The Morgan fingerprint density at radius 3 is 2.45 bits per heavy atom. The number of nitrogens with zero attached hydrogens (tertiary/aromatic N) is 1. The van der Waals surface area contributed by atoms with E-state index < -0.39 is 11.7 Å². The Hall–Kier alpha value is -1.79. The highest BCUT2D eigenvalue weighted by molar-refractivity contribution is 5.89. The highest BCUT2D eigenvalue weighted by atomic mass is 16.6. The minimum absolute atomic E-state index is 0.0783. The van der Waals surface area contributed by atoms with Crippen molar-refractivity contribution in [1.29, 1.82) is 0 Å². The van der Waals surface area contributed by atoms with Crippen LogP contribution in [0.5, 0.6) is 0 Å². The van der Waals surface area contributed by atoms with Gasteiger partial charge in [-0.3, -0.25) is 9.59 Å². The monoisotopic (exact) mass is 311 g/mol. The Balaban J connectivity index is 1.62. The molecule has 1 atom stereocenters. The molecule has 7 heteroatoms. The minimum atomic E-state index is -0.538. The van der Waals surface area contributed by atoms with Gasteiger partial charge in [0.25, 0.3) is 0 Å². The summed E-state index contributed by atoms with van der Waals surface area (Å²) < 4.78 is 5.09. The smallest absolute Gasteiger partial charge is 0.407 e. The number of amides is 3. The van der Waals surface area contributed by atoms with E-state index in [4.69, 9.17) is 4.74 Å². The second kappa shape index (κ2) is 6.54. The van der Waals surface area contributed by atoms with Crippen molar-refractivity contribution < 1.29 is 19.1 Å². The lowest BCUT2D eigenvalue weighted by Crippen LogP contribution is -2.40. The maximum atomic E-state index is 12.0. The zero-order valence-corrected chi connectivity index (χ0v) is 13.5. The van der Waals surface area contributed by atoms with Gasteiger partial charge in [0, 0.05) is 32.1 Å². The van der Waals surface area contributed by atoms with E-state index in [0.717, 1.165) is 12.8 Å². The minimum Gasteiger partial charge on any atom is -0.444 e. The van der Waals surface area contributed by atoms with E-state index in [2.05, 4.69) is 10.6 Å². The van der Waals surface area contributed by atoms with Crippen LogP contribution in [0.4, 0.5) is 4.79 Å². The van der Waals surface area contributed by atoms with Gasteiger partial charge < -0.3 is 20.3 Å². The zero-order chi connectivity index (χ0) is 16.3. The standard InChI is InChI=1S/C15H25N3O4/c1-15(2,3)22-14(21)17-7-6-16-13(20)10-8-12(19)18(9-10)11-4-5-11/h10-11H,4-9H2,1-3H3,(H,16,20)(H,17,21). The number of alkyl carbamates (subject to hydrolysis) is 1. The summed E-state index contributed by atoms with van der Waals surface area (Å²) in [6.07, 6.45) is 1.90. The highest BCUT2D eigenvalue weighted by Crippen LogP contribution is 2.32. The molecule has 2 fully saturated rings. The first-order valence-electron chi connectivity index (χ1n) is 7.80. The molecule has 0 spiro atoms. The van der Waals surface area contributed by atoms with Crippen LogP contribution in [0.25, 0.3) is 0 Å². The van der Waals surface area contributed by atoms with Crippen LogP contribution < -0.4 is 10.6 Å². The van der Waals surface area contributed by atoms with Crippen molar-refractivity contribution in [3.8, 4) is 0 Å². The lowest BCUT2D eigenvalue weighted by Gasteiger charge is -2.19. The Morgan fingerprint density at radius 1 is 1.23 bits per heavy atom. The van der Waals surface area contributed by atoms with Crippen LogP contribution in [0, 0.1) is 5.92 Å². The third-order valence-corrected chi connectivity index (χ3v) is 3.61. The predicted molar refractivity (Wildman–Crippen MR) is 80.1 cm³/mol. The molecule has 0 aromatic carbocycles. The van der Waals surface area contributed by atoms with E-state index >= 15 is 0 Å². The van der Waals surface area contributed by atoms with E-state index in [1.54, 1.807) is 20.8 Å². The molecule has 124 valence electrons. The van der Waals surface area contributed by atoms with Crippen LogP contribution in [0.1, 0.15) is 40.0 Å². The van der Waals surface area contributed by atoms with Crippen LogP contribution in [0.3, 0.4) is 0 Å². The number of carbonyl (C=O) groups is 3. The fourth-order valence-electron chi connectivity index (χ4n) is 2.46. The Morgan fingerprint density at radius 2 is 1.86 bits per heavy atom. The van der Waals surface area contributed by atoms with Gasteiger partial charge >= 0.3 is 6.09 Å². The van der Waals surface area contributed by atoms with Crippen molar-refractivity contribution in [2.45, 2.75) is 51.7 Å². The molecule has 0 bridgehead atoms. The third kappa shape index (κ3) is 4.89. The number of nitrogens with one attached hydrogen (secondary N) is 2. The summed E-state index contributed by atoms with van der Waals surface area (Å²) in [5.41, 5.74) is -0.538. The van der Waals surface area contributed by atoms with E-state index in [1.165, 1.54) is 0 Å². The maximum absolute atomic E-state index is 12.0. The second-order valence-corrected chi connectivity index (χ2v) is 6.90. The first-order valence-corrected chi connectivity index (χ1v) is 7.80. The Labute approximate surface area is 130 Å². The molecule has 1 heterocycles. The van der Waals surface area contributed by atoms with Gasteiger partial charge in [0.2, 0.25) is 11.8 Å². The zero-order valence-electron chi connectivity index (χ0n) is 13.5. The van der Waals surface area contributed by atoms with Gasteiger partial charge in [-0.05, 0) is 33.6 Å². The van der Waals surface area contributed by atoms with Gasteiger partial charge in [0.1, 0.15) is 5.60 Å². The van der Waals surface area contributed by atoms with E-state index in [-0.39, 0.29) is 17.7 Å². The summed E-state index contributed by atoms with van der Waals surface area (Å²) in [7, 11) is 0. The number of ether oxygens (including phenoxy) is 1. The number of hydrogen-bond acceptors (Lipinski definition) is 4. The Bertz CT molecular complexity index is 454. The lowest BCUT2D eigenvalue weighted by atomic mass is 10.1. The molecule has 2 aliphatic rings. The largest absolute Gasteiger partial charge is 0.444 e. The molecule has 0 aromatic rings. The molecule has 7 nitrogen and oxygen atoms in total. The topological polar surface area (TPSA) is 87.7 Å². The number of carbonyl (C=O) groups excluding carboxylic acids is 3. The summed E-state index contributed by atoms with van der Waals surface area (Å²) in [6.45, 7) is 6.51. The molecule has 1 aliphatic carbocycles. The van der Waals surface area contributed by atoms with Gasteiger partial charge in [0.05, 0.1) is 5.92 Å². The molecular formula is C15H25N3O4.